The van der Waals surface area contributed by atoms with Crippen molar-refractivity contribution in [3.05, 3.63) is 39.9 Å². The molecule has 1 atom stereocenters. The minimum atomic E-state index is -0.778. The van der Waals surface area contributed by atoms with Crippen LogP contribution in [0.4, 0.5) is 5.69 Å². The van der Waals surface area contributed by atoms with E-state index in [4.69, 9.17) is 0 Å². The Morgan fingerprint density at radius 1 is 1.32 bits per heavy atom. The third kappa shape index (κ3) is 4.17. The van der Waals surface area contributed by atoms with Gasteiger partial charge in [-0.2, -0.15) is 0 Å². The maximum Gasteiger partial charge on any atom is 0.316 e. The van der Waals surface area contributed by atoms with Crippen LogP contribution < -0.4 is 0 Å². The first-order valence-corrected chi connectivity index (χ1v) is 5.77. The second-order valence-corrected chi connectivity index (χ2v) is 4.15. The molecule has 19 heavy (non-hydrogen) atoms. The quantitative estimate of drug-likeness (QED) is 0.339. The SMILES string of the molecule is COC(=O)C(CCc1ccc([N+](=O)[O-])cc1)C(C)=O. The molecule has 6 heteroatoms. The first-order chi connectivity index (χ1) is 8.95. The Morgan fingerprint density at radius 2 is 1.89 bits per heavy atom. The molecule has 0 N–H and O–H groups in total. The van der Waals surface area contributed by atoms with Gasteiger partial charge in [0.1, 0.15) is 11.7 Å². The number of ether oxygens (including phenoxy) is 1. The van der Waals surface area contributed by atoms with Crippen molar-refractivity contribution in [2.24, 2.45) is 5.92 Å². The van der Waals surface area contributed by atoms with E-state index >= 15 is 0 Å². The summed E-state index contributed by atoms with van der Waals surface area (Å²) in [5.74, 6) is -1.57. The van der Waals surface area contributed by atoms with Crippen LogP contribution in [-0.4, -0.2) is 23.8 Å². The van der Waals surface area contributed by atoms with Crippen molar-refractivity contribution in [3.63, 3.8) is 0 Å². The molecule has 0 bridgehead atoms. The highest BCUT2D eigenvalue weighted by molar-refractivity contribution is 5.97. The lowest BCUT2D eigenvalue weighted by molar-refractivity contribution is -0.384. The Hall–Kier alpha value is -2.24. The maximum atomic E-state index is 11.4. The molecule has 0 aromatic heterocycles. The standard InChI is InChI=1S/C13H15NO5/c1-9(15)12(13(16)19-2)8-5-10-3-6-11(7-4-10)14(17)18/h3-4,6-7,12H,5,8H2,1-2H3. The second-order valence-electron chi connectivity index (χ2n) is 4.15. The number of benzene rings is 1. The monoisotopic (exact) mass is 265 g/mol. The molecule has 6 nitrogen and oxygen atoms in total. The van der Waals surface area contributed by atoms with Gasteiger partial charge in [0.25, 0.3) is 5.69 Å². The number of methoxy groups -OCH3 is 1. The second kappa shape index (κ2) is 6.63. The highest BCUT2D eigenvalue weighted by Crippen LogP contribution is 2.16. The summed E-state index contributed by atoms with van der Waals surface area (Å²) < 4.78 is 4.56. The van der Waals surface area contributed by atoms with E-state index in [1.165, 1.54) is 26.2 Å². The Bertz CT molecular complexity index is 480. The van der Waals surface area contributed by atoms with Crippen LogP contribution in [0.5, 0.6) is 0 Å². The lowest BCUT2D eigenvalue weighted by Crippen LogP contribution is -2.23. The molecule has 0 saturated heterocycles. The summed E-state index contributed by atoms with van der Waals surface area (Å²) in [5, 5.41) is 10.5. The fourth-order valence-electron chi connectivity index (χ4n) is 1.72. The Labute approximate surface area is 110 Å². The molecular formula is C13H15NO5. The predicted molar refractivity (Wildman–Crippen MR) is 67.6 cm³/mol. The molecule has 1 aromatic carbocycles. The topological polar surface area (TPSA) is 86.5 Å². The fraction of sp³-hybridized carbons (Fsp3) is 0.385. The van der Waals surface area contributed by atoms with E-state index in [1.54, 1.807) is 12.1 Å². The lowest BCUT2D eigenvalue weighted by atomic mass is 9.96. The molecule has 1 rings (SSSR count). The number of esters is 1. The molecule has 0 amide bonds. The number of hydrogen-bond donors (Lipinski definition) is 0. The van der Waals surface area contributed by atoms with E-state index in [0.717, 1.165) is 5.56 Å². The Kier molecular flexibility index (Phi) is 5.17. The molecule has 0 saturated carbocycles. The van der Waals surface area contributed by atoms with Crippen LogP contribution in [0.25, 0.3) is 0 Å². The van der Waals surface area contributed by atoms with Gasteiger partial charge in [0.15, 0.2) is 0 Å². The number of nitro groups is 1. The highest BCUT2D eigenvalue weighted by Gasteiger charge is 2.23. The van der Waals surface area contributed by atoms with Crippen molar-refractivity contribution in [2.45, 2.75) is 19.8 Å². The van der Waals surface area contributed by atoms with Crippen LogP contribution in [0, 0.1) is 16.0 Å². The molecule has 0 aliphatic carbocycles. The van der Waals surface area contributed by atoms with Crippen LogP contribution in [0.1, 0.15) is 18.9 Å². The summed E-state index contributed by atoms with van der Waals surface area (Å²) in [4.78, 5) is 32.7. The summed E-state index contributed by atoms with van der Waals surface area (Å²) in [6.45, 7) is 1.34. The number of nitrogens with zero attached hydrogens (tertiary/aromatic N) is 1. The van der Waals surface area contributed by atoms with Crippen LogP contribution in [-0.2, 0) is 20.7 Å². The van der Waals surface area contributed by atoms with Crippen LogP contribution in [0.15, 0.2) is 24.3 Å². The van der Waals surface area contributed by atoms with Crippen LogP contribution in [0.3, 0.4) is 0 Å². The first-order valence-electron chi connectivity index (χ1n) is 5.77. The normalized spacial score (nSPS) is 11.7. The number of ketones is 1. The van der Waals surface area contributed by atoms with Crippen molar-refractivity contribution in [1.82, 2.24) is 0 Å². The number of carbonyl (C=O) groups excluding carboxylic acids is 2. The Morgan fingerprint density at radius 3 is 2.32 bits per heavy atom. The van der Waals surface area contributed by atoms with Crippen molar-refractivity contribution in [2.75, 3.05) is 7.11 Å². The van der Waals surface area contributed by atoms with Gasteiger partial charge < -0.3 is 4.74 Å². The van der Waals surface area contributed by atoms with Gasteiger partial charge in [0.05, 0.1) is 12.0 Å². The maximum absolute atomic E-state index is 11.4. The number of hydrogen-bond acceptors (Lipinski definition) is 5. The number of Topliss-reactive ketones (excluding diaryl/α,β-unsaturated/α-hetero) is 1. The molecule has 102 valence electrons. The lowest BCUT2D eigenvalue weighted by Gasteiger charge is -2.10. The zero-order valence-corrected chi connectivity index (χ0v) is 10.8. The third-order valence-corrected chi connectivity index (χ3v) is 2.85. The summed E-state index contributed by atoms with van der Waals surface area (Å²) in [6, 6.07) is 6.03. The zero-order valence-electron chi connectivity index (χ0n) is 10.8. The van der Waals surface area contributed by atoms with Gasteiger partial charge in [-0.1, -0.05) is 12.1 Å². The fourth-order valence-corrected chi connectivity index (χ4v) is 1.72. The minimum Gasteiger partial charge on any atom is -0.468 e. The molecule has 1 unspecified atom stereocenters. The van der Waals surface area contributed by atoms with Gasteiger partial charge in [0.2, 0.25) is 0 Å². The summed E-state index contributed by atoms with van der Waals surface area (Å²) in [6.07, 6.45) is 0.817. The van der Waals surface area contributed by atoms with Crippen molar-refractivity contribution in [1.29, 1.82) is 0 Å². The van der Waals surface area contributed by atoms with Gasteiger partial charge in [0, 0.05) is 12.1 Å². The molecule has 0 heterocycles. The summed E-state index contributed by atoms with van der Waals surface area (Å²) in [5.41, 5.74) is 0.848. The van der Waals surface area contributed by atoms with Crippen molar-refractivity contribution in [3.8, 4) is 0 Å². The Balaban J connectivity index is 2.66. The summed E-state index contributed by atoms with van der Waals surface area (Å²) >= 11 is 0. The molecule has 0 radical (unpaired) electrons. The molecule has 0 aliphatic heterocycles. The van der Waals surface area contributed by atoms with Gasteiger partial charge >= 0.3 is 5.97 Å². The van der Waals surface area contributed by atoms with E-state index in [9.17, 15) is 19.7 Å². The van der Waals surface area contributed by atoms with Gasteiger partial charge in [-0.25, -0.2) is 0 Å². The summed E-state index contributed by atoms with van der Waals surface area (Å²) in [7, 11) is 1.24. The van der Waals surface area contributed by atoms with E-state index in [-0.39, 0.29) is 11.5 Å². The number of rotatable bonds is 6. The van der Waals surface area contributed by atoms with Crippen molar-refractivity contribution < 1.29 is 19.2 Å². The van der Waals surface area contributed by atoms with Gasteiger partial charge in [-0.05, 0) is 25.3 Å². The average molecular weight is 265 g/mol. The zero-order chi connectivity index (χ0) is 14.4. The molecule has 0 spiro atoms. The van der Waals surface area contributed by atoms with E-state index in [1.807, 2.05) is 0 Å². The first kappa shape index (κ1) is 14.8. The average Bonchev–Trinajstić information content (AvgIpc) is 2.38. The van der Waals surface area contributed by atoms with Crippen molar-refractivity contribution >= 4 is 17.4 Å². The molecule has 1 aromatic rings. The number of nitro benzene ring substituents is 1. The number of carbonyl (C=O) groups is 2. The highest BCUT2D eigenvalue weighted by atomic mass is 16.6. The van der Waals surface area contributed by atoms with Crippen LogP contribution >= 0.6 is 0 Å². The third-order valence-electron chi connectivity index (χ3n) is 2.85. The van der Waals surface area contributed by atoms with Gasteiger partial charge in [-0.3, -0.25) is 19.7 Å². The molecular weight excluding hydrogens is 250 g/mol. The number of aryl methyl sites for hydroxylation is 1. The largest absolute Gasteiger partial charge is 0.468 e. The minimum absolute atomic E-state index is 0.0137. The van der Waals surface area contributed by atoms with Crippen LogP contribution in [0.2, 0.25) is 0 Å². The predicted octanol–water partition coefficient (Wildman–Crippen LogP) is 1.91. The molecule has 0 fully saturated rings. The number of non-ortho nitro benzene ring substituents is 1. The van der Waals surface area contributed by atoms with E-state index < -0.39 is 16.8 Å². The van der Waals surface area contributed by atoms with E-state index in [0.29, 0.717) is 12.8 Å². The van der Waals surface area contributed by atoms with E-state index in [2.05, 4.69) is 4.74 Å². The smallest absolute Gasteiger partial charge is 0.316 e. The van der Waals surface area contributed by atoms with Gasteiger partial charge in [-0.15, -0.1) is 0 Å². The molecule has 0 aliphatic rings.